The minimum absolute atomic E-state index is 0.112. The van der Waals surface area contributed by atoms with Crippen molar-refractivity contribution >= 4 is 23.5 Å². The molecule has 0 aromatic heterocycles. The third-order valence-electron chi connectivity index (χ3n) is 3.57. The lowest BCUT2D eigenvalue weighted by atomic mass is 9.88. The van der Waals surface area contributed by atoms with Gasteiger partial charge < -0.3 is 15.2 Å². The molecule has 0 aliphatic heterocycles. The Labute approximate surface area is 145 Å². The lowest BCUT2D eigenvalue weighted by molar-refractivity contribution is -0.141. The van der Waals surface area contributed by atoms with Crippen LogP contribution in [0.4, 0.5) is 0 Å². The van der Waals surface area contributed by atoms with Crippen LogP contribution >= 0.6 is 11.6 Å². The van der Waals surface area contributed by atoms with Crippen molar-refractivity contribution in [2.45, 2.75) is 12.3 Å². The highest BCUT2D eigenvalue weighted by Crippen LogP contribution is 2.31. The number of carbonyl (C=O) groups excluding carboxylic acids is 2. The summed E-state index contributed by atoms with van der Waals surface area (Å²) in [7, 11) is 1.26. The summed E-state index contributed by atoms with van der Waals surface area (Å²) in [6, 6.07) is 13.9. The number of esters is 1. The van der Waals surface area contributed by atoms with Crippen LogP contribution in [0.25, 0.3) is 0 Å². The minimum Gasteiger partial charge on any atom is -0.508 e. The Morgan fingerprint density at radius 1 is 1.17 bits per heavy atom. The molecule has 0 fully saturated rings. The second-order valence-corrected chi connectivity index (χ2v) is 5.70. The second kappa shape index (κ2) is 8.36. The van der Waals surface area contributed by atoms with Crippen molar-refractivity contribution in [2.24, 2.45) is 0 Å². The summed E-state index contributed by atoms with van der Waals surface area (Å²) < 4.78 is 4.50. The van der Waals surface area contributed by atoms with Crippen LogP contribution in [0, 0.1) is 0 Å². The van der Waals surface area contributed by atoms with E-state index in [1.807, 2.05) is 12.1 Å². The molecular weight excluding hydrogens is 330 g/mol. The van der Waals surface area contributed by atoms with Crippen molar-refractivity contribution in [2.75, 3.05) is 13.7 Å². The second-order valence-electron chi connectivity index (χ2n) is 5.26. The van der Waals surface area contributed by atoms with E-state index in [9.17, 15) is 14.7 Å². The van der Waals surface area contributed by atoms with Crippen LogP contribution in [0.2, 0.25) is 5.02 Å². The van der Waals surface area contributed by atoms with Crippen LogP contribution in [0.1, 0.15) is 23.5 Å². The average Bonchev–Trinajstić information content (AvgIpc) is 2.57. The zero-order valence-corrected chi connectivity index (χ0v) is 13.9. The number of hydrogen-bond acceptors (Lipinski definition) is 4. The Balaban J connectivity index is 2.23. The monoisotopic (exact) mass is 347 g/mol. The fourth-order valence-corrected chi connectivity index (χ4v) is 2.59. The summed E-state index contributed by atoms with van der Waals surface area (Å²) in [6.45, 7) is -0.183. The molecule has 0 spiro atoms. The molecule has 2 N–H and O–H groups in total. The molecule has 0 aliphatic carbocycles. The van der Waals surface area contributed by atoms with Gasteiger partial charge in [0.1, 0.15) is 12.3 Å². The fraction of sp³-hybridized carbons (Fsp3) is 0.222. The molecular formula is C18H18ClNO4. The number of methoxy groups -OCH3 is 1. The van der Waals surface area contributed by atoms with Crippen LogP contribution in [-0.2, 0) is 14.3 Å². The summed E-state index contributed by atoms with van der Waals surface area (Å²) in [5, 5.41) is 12.8. The lowest BCUT2D eigenvalue weighted by Crippen LogP contribution is -2.31. The van der Waals surface area contributed by atoms with Crippen molar-refractivity contribution in [1.29, 1.82) is 0 Å². The Hall–Kier alpha value is -2.53. The number of benzene rings is 2. The molecule has 6 heteroatoms. The topological polar surface area (TPSA) is 75.6 Å². The highest BCUT2D eigenvalue weighted by atomic mass is 35.5. The average molecular weight is 348 g/mol. The number of hydrogen-bond donors (Lipinski definition) is 2. The van der Waals surface area contributed by atoms with Crippen molar-refractivity contribution in [3.05, 3.63) is 64.7 Å². The highest BCUT2D eigenvalue weighted by Gasteiger charge is 2.19. The van der Waals surface area contributed by atoms with E-state index in [1.165, 1.54) is 7.11 Å². The maximum Gasteiger partial charge on any atom is 0.325 e. The highest BCUT2D eigenvalue weighted by molar-refractivity contribution is 6.30. The first-order valence-electron chi connectivity index (χ1n) is 7.37. The number of nitrogens with one attached hydrogen (secondary N) is 1. The van der Waals surface area contributed by atoms with Gasteiger partial charge in [-0.3, -0.25) is 9.59 Å². The Morgan fingerprint density at radius 2 is 1.83 bits per heavy atom. The van der Waals surface area contributed by atoms with Gasteiger partial charge in [-0.1, -0.05) is 35.9 Å². The molecule has 0 heterocycles. The predicted octanol–water partition coefficient (Wildman–Crippen LogP) is 2.86. The molecule has 2 rings (SSSR count). The van der Waals surface area contributed by atoms with Crippen molar-refractivity contribution in [1.82, 2.24) is 5.32 Å². The first-order valence-corrected chi connectivity index (χ1v) is 7.75. The van der Waals surface area contributed by atoms with Gasteiger partial charge in [-0.2, -0.15) is 0 Å². The largest absolute Gasteiger partial charge is 0.508 e. The lowest BCUT2D eigenvalue weighted by Gasteiger charge is -2.18. The van der Waals surface area contributed by atoms with Gasteiger partial charge in [-0.25, -0.2) is 0 Å². The molecule has 1 unspecified atom stereocenters. The fourth-order valence-electron chi connectivity index (χ4n) is 2.39. The molecule has 0 bridgehead atoms. The zero-order valence-electron chi connectivity index (χ0n) is 13.2. The summed E-state index contributed by atoms with van der Waals surface area (Å²) in [4.78, 5) is 23.3. The molecule has 5 nitrogen and oxygen atoms in total. The standard InChI is InChI=1S/C18H18ClNO4/c1-24-18(23)11-20-17(22)10-16(12-4-2-6-14(19)8-12)13-5-3-7-15(21)9-13/h2-9,16,21H,10-11H2,1H3,(H,20,22). The number of phenols is 1. The summed E-state index contributed by atoms with van der Waals surface area (Å²) in [5.74, 6) is -0.989. The Kier molecular flexibility index (Phi) is 6.21. The van der Waals surface area contributed by atoms with Crippen LogP contribution < -0.4 is 5.32 Å². The maximum absolute atomic E-state index is 12.2. The normalized spacial score (nSPS) is 11.6. The number of aromatic hydroxyl groups is 1. The van der Waals surface area contributed by atoms with Crippen molar-refractivity contribution < 1.29 is 19.4 Å². The molecule has 0 saturated heterocycles. The van der Waals surface area contributed by atoms with Crippen molar-refractivity contribution in [3.8, 4) is 5.75 Å². The molecule has 24 heavy (non-hydrogen) atoms. The van der Waals surface area contributed by atoms with E-state index in [0.717, 1.165) is 11.1 Å². The third kappa shape index (κ3) is 4.99. The minimum atomic E-state index is -0.514. The van der Waals surface area contributed by atoms with Gasteiger partial charge in [0.25, 0.3) is 0 Å². The Morgan fingerprint density at radius 3 is 2.46 bits per heavy atom. The van der Waals surface area contributed by atoms with Crippen LogP contribution in [0.5, 0.6) is 5.75 Å². The van der Waals surface area contributed by atoms with Gasteiger partial charge in [0, 0.05) is 17.4 Å². The van der Waals surface area contributed by atoms with Gasteiger partial charge in [0.05, 0.1) is 7.11 Å². The van der Waals surface area contributed by atoms with Gasteiger partial charge in [0.2, 0.25) is 5.91 Å². The van der Waals surface area contributed by atoms with Crippen molar-refractivity contribution in [3.63, 3.8) is 0 Å². The third-order valence-corrected chi connectivity index (χ3v) is 3.81. The maximum atomic E-state index is 12.2. The summed E-state index contributed by atoms with van der Waals surface area (Å²) in [6.07, 6.45) is 0.112. The molecule has 0 saturated carbocycles. The number of ether oxygens (including phenoxy) is 1. The van der Waals surface area contributed by atoms with Gasteiger partial charge in [-0.05, 0) is 35.4 Å². The van der Waals surface area contributed by atoms with Gasteiger partial charge in [0.15, 0.2) is 0 Å². The quantitative estimate of drug-likeness (QED) is 0.788. The Bertz CT molecular complexity index is 687. The summed E-state index contributed by atoms with van der Waals surface area (Å²) >= 11 is 6.05. The number of carbonyl (C=O) groups is 2. The molecule has 0 aliphatic rings. The molecule has 1 atom stereocenters. The number of amides is 1. The zero-order chi connectivity index (χ0) is 17.5. The molecule has 0 radical (unpaired) electrons. The van der Waals surface area contributed by atoms with E-state index >= 15 is 0 Å². The van der Waals surface area contributed by atoms with Crippen LogP contribution in [-0.4, -0.2) is 30.6 Å². The number of phenolic OH excluding ortho intramolecular Hbond substituents is 1. The predicted molar refractivity (Wildman–Crippen MR) is 91.0 cm³/mol. The number of halogens is 1. The number of rotatable bonds is 6. The van der Waals surface area contributed by atoms with E-state index in [4.69, 9.17) is 11.6 Å². The molecule has 1 amide bonds. The molecule has 126 valence electrons. The van der Waals surface area contributed by atoms with Crippen LogP contribution in [0.3, 0.4) is 0 Å². The van der Waals surface area contributed by atoms with Gasteiger partial charge in [-0.15, -0.1) is 0 Å². The van der Waals surface area contributed by atoms with E-state index in [0.29, 0.717) is 5.02 Å². The smallest absolute Gasteiger partial charge is 0.325 e. The first kappa shape index (κ1) is 17.8. The van der Waals surface area contributed by atoms with E-state index in [-0.39, 0.29) is 30.5 Å². The van der Waals surface area contributed by atoms with Gasteiger partial charge >= 0.3 is 5.97 Å². The van der Waals surface area contributed by atoms with E-state index in [2.05, 4.69) is 10.1 Å². The van der Waals surface area contributed by atoms with E-state index in [1.54, 1.807) is 36.4 Å². The summed E-state index contributed by atoms with van der Waals surface area (Å²) in [5.41, 5.74) is 1.63. The SMILES string of the molecule is COC(=O)CNC(=O)CC(c1cccc(O)c1)c1cccc(Cl)c1. The molecule has 2 aromatic carbocycles. The first-order chi connectivity index (χ1) is 11.5. The molecule has 2 aromatic rings. The van der Waals surface area contributed by atoms with E-state index < -0.39 is 5.97 Å². The van der Waals surface area contributed by atoms with Crippen LogP contribution in [0.15, 0.2) is 48.5 Å².